The Bertz CT molecular complexity index is 262. The lowest BCUT2D eigenvalue weighted by molar-refractivity contribution is 1.13. The molecule has 0 spiro atoms. The van der Waals surface area contributed by atoms with Crippen molar-refractivity contribution in [2.24, 2.45) is 0 Å². The second kappa shape index (κ2) is 3.12. The molecule has 4 heteroatoms. The van der Waals surface area contributed by atoms with Gasteiger partial charge in [-0.25, -0.2) is 4.98 Å². The lowest BCUT2D eigenvalue weighted by atomic mass is 10.5. The van der Waals surface area contributed by atoms with Crippen LogP contribution in [-0.4, -0.2) is 11.2 Å². The van der Waals surface area contributed by atoms with Gasteiger partial charge in [0.25, 0.3) is 0 Å². The Morgan fingerprint density at radius 1 is 1.70 bits per heavy atom. The zero-order valence-electron chi connectivity index (χ0n) is 5.47. The van der Waals surface area contributed by atoms with Crippen molar-refractivity contribution in [1.29, 1.82) is 4.78 Å². The van der Waals surface area contributed by atoms with Gasteiger partial charge in [0.15, 0.2) is 0 Å². The highest BCUT2D eigenvalue weighted by Crippen LogP contribution is 2.09. The van der Waals surface area contributed by atoms with Crippen molar-refractivity contribution in [3.8, 4) is 0 Å². The molecule has 1 rings (SSSR count). The molecule has 1 aromatic rings. The van der Waals surface area contributed by atoms with E-state index in [-0.39, 0.29) is 0 Å². The average molecular weight is 175 g/mol. The Hall–Kier alpha value is -0.410. The van der Waals surface area contributed by atoms with E-state index in [0.29, 0.717) is 5.02 Å². The fourth-order valence-corrected chi connectivity index (χ4v) is 1.30. The summed E-state index contributed by atoms with van der Waals surface area (Å²) in [5.74, 6) is 0. The summed E-state index contributed by atoms with van der Waals surface area (Å²) < 4.78 is 7.32. The lowest BCUT2D eigenvalue weighted by Crippen LogP contribution is -1.88. The average Bonchev–Trinajstić information content (AvgIpc) is 1.88. The summed E-state index contributed by atoms with van der Waals surface area (Å²) >= 11 is 5.67. The zero-order chi connectivity index (χ0) is 7.56. The molecular formula is C6H7ClN2S. The second-order valence-electron chi connectivity index (χ2n) is 1.82. The van der Waals surface area contributed by atoms with E-state index in [4.69, 9.17) is 16.4 Å². The molecule has 0 aliphatic heterocycles. The molecule has 10 heavy (non-hydrogen) atoms. The third-order valence-electron chi connectivity index (χ3n) is 1.01. The van der Waals surface area contributed by atoms with Crippen LogP contribution in [0.2, 0.25) is 5.02 Å². The van der Waals surface area contributed by atoms with Crippen LogP contribution in [0, 0.1) is 4.78 Å². The van der Waals surface area contributed by atoms with Crippen LogP contribution in [0.5, 0.6) is 0 Å². The molecule has 1 heterocycles. The summed E-state index contributed by atoms with van der Waals surface area (Å²) in [5.41, 5.74) is 0. The first-order valence-electron chi connectivity index (χ1n) is 2.69. The highest BCUT2D eigenvalue weighted by atomic mass is 35.5. The van der Waals surface area contributed by atoms with Gasteiger partial charge in [-0.05, 0) is 18.4 Å². The Morgan fingerprint density at radius 3 is 2.80 bits per heavy atom. The molecule has 1 unspecified atom stereocenters. The molecule has 0 amide bonds. The van der Waals surface area contributed by atoms with Crippen LogP contribution in [-0.2, 0) is 10.7 Å². The number of nitrogens with one attached hydrogen (secondary N) is 1. The Morgan fingerprint density at radius 2 is 2.40 bits per heavy atom. The van der Waals surface area contributed by atoms with E-state index < -0.39 is 10.7 Å². The minimum atomic E-state index is -0.535. The molecule has 2 nitrogen and oxygen atoms in total. The third-order valence-corrected chi connectivity index (χ3v) is 2.10. The van der Waals surface area contributed by atoms with Crippen LogP contribution in [0.15, 0.2) is 23.4 Å². The van der Waals surface area contributed by atoms with E-state index in [1.807, 2.05) is 0 Å². The van der Waals surface area contributed by atoms with Gasteiger partial charge in [0.05, 0.1) is 0 Å². The predicted molar refractivity (Wildman–Crippen MR) is 43.5 cm³/mol. The molecule has 0 bridgehead atoms. The molecule has 1 N–H and O–H groups in total. The topological polar surface area (TPSA) is 36.7 Å². The van der Waals surface area contributed by atoms with Crippen LogP contribution >= 0.6 is 11.6 Å². The summed E-state index contributed by atoms with van der Waals surface area (Å²) in [6, 6.07) is 3.43. The quantitative estimate of drug-likeness (QED) is 0.696. The zero-order valence-corrected chi connectivity index (χ0v) is 7.04. The standard InChI is InChI=1S/C6H7ClN2S/c1-10(8)6-4-5(7)2-3-9-6/h2-4,8H,1H3. The van der Waals surface area contributed by atoms with Crippen LogP contribution in [0.25, 0.3) is 0 Å². The minimum Gasteiger partial charge on any atom is -0.274 e. The molecule has 0 radical (unpaired) electrons. The Labute approximate surface area is 67.1 Å². The van der Waals surface area contributed by atoms with Crippen molar-refractivity contribution < 1.29 is 0 Å². The van der Waals surface area contributed by atoms with Crippen molar-refractivity contribution in [2.75, 3.05) is 6.26 Å². The highest BCUT2D eigenvalue weighted by molar-refractivity contribution is 7.85. The molecule has 0 aliphatic rings. The molecule has 0 saturated carbocycles. The SMILES string of the molecule is CS(=N)c1cc(Cl)ccn1. The second-order valence-corrected chi connectivity index (χ2v) is 3.70. The van der Waals surface area contributed by atoms with E-state index >= 15 is 0 Å². The van der Waals surface area contributed by atoms with Gasteiger partial charge in [-0.3, -0.25) is 4.78 Å². The van der Waals surface area contributed by atoms with E-state index in [2.05, 4.69) is 4.98 Å². The molecule has 54 valence electrons. The number of pyridine rings is 1. The summed E-state index contributed by atoms with van der Waals surface area (Å²) in [5, 5.41) is 1.39. The van der Waals surface area contributed by atoms with Crippen molar-refractivity contribution in [3.05, 3.63) is 23.4 Å². The van der Waals surface area contributed by atoms with Crippen LogP contribution in [0.1, 0.15) is 0 Å². The normalized spacial score (nSPS) is 13.0. The molecule has 0 aromatic carbocycles. The summed E-state index contributed by atoms with van der Waals surface area (Å²) in [4.78, 5) is 3.98. The lowest BCUT2D eigenvalue weighted by Gasteiger charge is -1.96. The predicted octanol–water partition coefficient (Wildman–Crippen LogP) is 2.10. The molecule has 1 atom stereocenters. The first kappa shape index (κ1) is 7.69. The smallest absolute Gasteiger partial charge is 0.108 e. The van der Waals surface area contributed by atoms with Crippen molar-refractivity contribution in [1.82, 2.24) is 4.98 Å². The molecule has 0 fully saturated rings. The fourth-order valence-electron chi connectivity index (χ4n) is 0.553. The number of rotatable bonds is 1. The van der Waals surface area contributed by atoms with Gasteiger partial charge >= 0.3 is 0 Å². The number of halogens is 1. The maximum absolute atomic E-state index is 7.32. The van der Waals surface area contributed by atoms with Crippen LogP contribution < -0.4 is 0 Å². The number of hydrogen-bond acceptors (Lipinski definition) is 2. The molecular weight excluding hydrogens is 168 g/mol. The maximum Gasteiger partial charge on any atom is 0.108 e. The first-order chi connectivity index (χ1) is 4.70. The van der Waals surface area contributed by atoms with Gasteiger partial charge < -0.3 is 0 Å². The van der Waals surface area contributed by atoms with Gasteiger partial charge in [-0.15, -0.1) is 0 Å². The third kappa shape index (κ3) is 1.78. The van der Waals surface area contributed by atoms with Crippen LogP contribution in [0.3, 0.4) is 0 Å². The van der Waals surface area contributed by atoms with Crippen LogP contribution in [0.4, 0.5) is 0 Å². The maximum atomic E-state index is 7.32. The largest absolute Gasteiger partial charge is 0.274 e. The van der Waals surface area contributed by atoms with E-state index in [1.165, 1.54) is 0 Å². The number of hydrogen-bond donors (Lipinski definition) is 1. The van der Waals surface area contributed by atoms with Gasteiger partial charge in [-0.2, -0.15) is 0 Å². The van der Waals surface area contributed by atoms with Crippen molar-refractivity contribution >= 4 is 22.3 Å². The Balaban J connectivity index is 3.07. The molecule has 0 aliphatic carbocycles. The fraction of sp³-hybridized carbons (Fsp3) is 0.167. The van der Waals surface area contributed by atoms with Gasteiger partial charge in [-0.1, -0.05) is 22.3 Å². The summed E-state index contributed by atoms with van der Waals surface area (Å²) in [6.07, 6.45) is 3.41. The molecule has 0 saturated heterocycles. The van der Waals surface area contributed by atoms with E-state index in [9.17, 15) is 0 Å². The van der Waals surface area contributed by atoms with E-state index in [0.717, 1.165) is 5.03 Å². The number of nitrogens with zero attached hydrogens (tertiary/aromatic N) is 1. The van der Waals surface area contributed by atoms with E-state index in [1.54, 1.807) is 24.6 Å². The summed E-state index contributed by atoms with van der Waals surface area (Å²) in [6.45, 7) is 0. The first-order valence-corrected chi connectivity index (χ1v) is 4.70. The van der Waals surface area contributed by atoms with Crippen molar-refractivity contribution in [2.45, 2.75) is 5.03 Å². The number of aromatic nitrogens is 1. The van der Waals surface area contributed by atoms with Gasteiger partial charge in [0.2, 0.25) is 0 Å². The monoisotopic (exact) mass is 174 g/mol. The highest BCUT2D eigenvalue weighted by Gasteiger charge is 1.94. The molecule has 1 aromatic heterocycles. The Kier molecular flexibility index (Phi) is 2.40. The minimum absolute atomic E-state index is 0.535. The van der Waals surface area contributed by atoms with Gasteiger partial charge in [0.1, 0.15) is 5.03 Å². The van der Waals surface area contributed by atoms with Crippen molar-refractivity contribution in [3.63, 3.8) is 0 Å². The van der Waals surface area contributed by atoms with Gasteiger partial charge in [0, 0.05) is 11.2 Å². The summed E-state index contributed by atoms with van der Waals surface area (Å²) in [7, 11) is -0.535.